The van der Waals surface area contributed by atoms with Crippen molar-refractivity contribution in [3.8, 4) is 0 Å². The van der Waals surface area contributed by atoms with Crippen molar-refractivity contribution in [2.45, 2.75) is 46.5 Å². The second kappa shape index (κ2) is 4.23. The highest BCUT2D eigenvalue weighted by molar-refractivity contribution is 6.73. The highest BCUT2D eigenvalue weighted by Gasteiger charge is 2.17. The molecule has 0 aliphatic carbocycles. The number of rotatable bonds is 4. The predicted octanol–water partition coefficient (Wildman–Crippen LogP) is 2.06. The van der Waals surface area contributed by atoms with Crippen molar-refractivity contribution in [2.75, 3.05) is 6.54 Å². The van der Waals surface area contributed by atoms with E-state index in [0.717, 1.165) is 6.54 Å². The van der Waals surface area contributed by atoms with E-state index in [0.29, 0.717) is 6.04 Å². The lowest BCUT2D eigenvalue weighted by molar-refractivity contribution is 0.197. The van der Waals surface area contributed by atoms with E-state index >= 15 is 0 Å². The Morgan fingerprint density at radius 1 is 1.27 bits per heavy atom. The molecule has 3 heteroatoms. The standard InChI is InChI=1S/C8H22N2Si/c1-7-10(8(2)3)9-11(4,5)6/h8-9H,7H2,1-6H3. The minimum Gasteiger partial charge on any atom is -0.276 e. The molecule has 0 aromatic carbocycles. The Labute approximate surface area is 72.0 Å². The van der Waals surface area contributed by atoms with Crippen LogP contribution in [0.3, 0.4) is 0 Å². The van der Waals surface area contributed by atoms with Gasteiger partial charge in [-0.05, 0) is 13.8 Å². The summed E-state index contributed by atoms with van der Waals surface area (Å²) in [4.78, 5) is 0. The summed E-state index contributed by atoms with van der Waals surface area (Å²) in [5.41, 5.74) is 0. The van der Waals surface area contributed by atoms with Crippen molar-refractivity contribution < 1.29 is 0 Å². The van der Waals surface area contributed by atoms with Gasteiger partial charge in [0.25, 0.3) is 0 Å². The fraction of sp³-hybridized carbons (Fsp3) is 1.00. The van der Waals surface area contributed by atoms with Crippen molar-refractivity contribution in [3.63, 3.8) is 0 Å². The topological polar surface area (TPSA) is 15.3 Å². The third-order valence-electron chi connectivity index (χ3n) is 1.44. The third-order valence-corrected chi connectivity index (χ3v) is 2.40. The van der Waals surface area contributed by atoms with Gasteiger partial charge in [0.2, 0.25) is 0 Å². The van der Waals surface area contributed by atoms with Crippen molar-refractivity contribution >= 4 is 8.24 Å². The van der Waals surface area contributed by atoms with Gasteiger partial charge < -0.3 is 0 Å². The number of hydrogen-bond acceptors (Lipinski definition) is 2. The van der Waals surface area contributed by atoms with Crippen molar-refractivity contribution in [2.24, 2.45) is 0 Å². The zero-order valence-corrected chi connectivity index (χ0v) is 9.73. The first-order chi connectivity index (χ1) is 4.87. The Morgan fingerprint density at radius 3 is 1.82 bits per heavy atom. The monoisotopic (exact) mass is 174 g/mol. The largest absolute Gasteiger partial charge is 0.276 e. The van der Waals surface area contributed by atoms with Crippen LogP contribution in [0.15, 0.2) is 0 Å². The molecule has 0 radical (unpaired) electrons. The van der Waals surface area contributed by atoms with E-state index in [9.17, 15) is 0 Å². The van der Waals surface area contributed by atoms with Gasteiger partial charge in [-0.1, -0.05) is 26.6 Å². The Kier molecular flexibility index (Phi) is 4.29. The summed E-state index contributed by atoms with van der Waals surface area (Å²) in [6.45, 7) is 14.7. The first-order valence-corrected chi connectivity index (χ1v) is 7.91. The molecule has 0 saturated heterocycles. The molecule has 11 heavy (non-hydrogen) atoms. The number of hydrogen-bond donors (Lipinski definition) is 1. The lowest BCUT2D eigenvalue weighted by Crippen LogP contribution is -2.55. The molecular formula is C8H22N2Si. The normalized spacial score (nSPS) is 13.1. The maximum atomic E-state index is 3.58. The van der Waals surface area contributed by atoms with E-state index in [1.165, 1.54) is 0 Å². The zero-order chi connectivity index (χ0) is 9.07. The Bertz CT molecular complexity index is 107. The lowest BCUT2D eigenvalue weighted by atomic mass is 10.4. The molecule has 1 N–H and O–H groups in total. The molecule has 68 valence electrons. The van der Waals surface area contributed by atoms with E-state index in [4.69, 9.17) is 0 Å². The van der Waals surface area contributed by atoms with Gasteiger partial charge in [0, 0.05) is 12.6 Å². The van der Waals surface area contributed by atoms with Gasteiger partial charge in [0.1, 0.15) is 8.24 Å². The Balaban J connectivity index is 3.88. The maximum absolute atomic E-state index is 3.58. The maximum Gasteiger partial charge on any atom is 0.132 e. The third kappa shape index (κ3) is 5.41. The van der Waals surface area contributed by atoms with E-state index < -0.39 is 8.24 Å². The summed E-state index contributed by atoms with van der Waals surface area (Å²) >= 11 is 0. The number of nitrogens with one attached hydrogen (secondary N) is 1. The van der Waals surface area contributed by atoms with Crippen LogP contribution in [0.2, 0.25) is 19.6 Å². The van der Waals surface area contributed by atoms with E-state index in [-0.39, 0.29) is 0 Å². The summed E-state index contributed by atoms with van der Waals surface area (Å²) in [6, 6.07) is 0.603. The van der Waals surface area contributed by atoms with Crippen LogP contribution in [0, 0.1) is 0 Å². The number of nitrogens with zero attached hydrogens (tertiary/aromatic N) is 1. The van der Waals surface area contributed by atoms with Gasteiger partial charge >= 0.3 is 0 Å². The Morgan fingerprint density at radius 2 is 1.73 bits per heavy atom. The van der Waals surface area contributed by atoms with Gasteiger partial charge in [-0.25, -0.2) is 5.01 Å². The molecule has 0 atom stereocenters. The fourth-order valence-electron chi connectivity index (χ4n) is 1.00. The van der Waals surface area contributed by atoms with Gasteiger partial charge in [-0.15, -0.1) is 0 Å². The molecule has 0 amide bonds. The van der Waals surface area contributed by atoms with E-state index in [2.05, 4.69) is 50.5 Å². The van der Waals surface area contributed by atoms with Crippen LogP contribution in [0.1, 0.15) is 20.8 Å². The fourth-order valence-corrected chi connectivity index (χ4v) is 2.28. The molecule has 0 bridgehead atoms. The predicted molar refractivity (Wildman–Crippen MR) is 54.0 cm³/mol. The average molecular weight is 174 g/mol. The van der Waals surface area contributed by atoms with Crippen molar-refractivity contribution in [3.05, 3.63) is 0 Å². The second-order valence-electron chi connectivity index (χ2n) is 4.24. The molecule has 0 heterocycles. The second-order valence-corrected chi connectivity index (χ2v) is 8.97. The van der Waals surface area contributed by atoms with E-state index in [1.54, 1.807) is 0 Å². The highest BCUT2D eigenvalue weighted by Crippen LogP contribution is 2.00. The molecule has 0 rings (SSSR count). The molecule has 0 fully saturated rings. The van der Waals surface area contributed by atoms with E-state index in [1.807, 2.05) is 0 Å². The summed E-state index contributed by atoms with van der Waals surface area (Å²) < 4.78 is 0. The quantitative estimate of drug-likeness (QED) is 0.518. The zero-order valence-electron chi connectivity index (χ0n) is 8.73. The number of hydrazine groups is 1. The first-order valence-electron chi connectivity index (χ1n) is 4.41. The van der Waals surface area contributed by atoms with Crippen LogP contribution in [0.4, 0.5) is 0 Å². The molecule has 2 nitrogen and oxygen atoms in total. The van der Waals surface area contributed by atoms with Crippen LogP contribution in [0.25, 0.3) is 0 Å². The molecule has 0 aromatic rings. The molecule has 0 spiro atoms. The average Bonchev–Trinajstić information content (AvgIpc) is 1.80. The highest BCUT2D eigenvalue weighted by atomic mass is 28.3. The van der Waals surface area contributed by atoms with Crippen LogP contribution >= 0.6 is 0 Å². The minimum absolute atomic E-state index is 0.603. The molecule has 0 aliphatic heterocycles. The first kappa shape index (κ1) is 11.1. The van der Waals surface area contributed by atoms with Gasteiger partial charge in [0.05, 0.1) is 0 Å². The van der Waals surface area contributed by atoms with Crippen molar-refractivity contribution in [1.29, 1.82) is 0 Å². The van der Waals surface area contributed by atoms with Crippen LogP contribution in [-0.4, -0.2) is 25.8 Å². The molecule has 0 aromatic heterocycles. The van der Waals surface area contributed by atoms with Crippen LogP contribution in [-0.2, 0) is 0 Å². The van der Waals surface area contributed by atoms with Gasteiger partial charge in [-0.3, -0.25) is 5.09 Å². The smallest absolute Gasteiger partial charge is 0.132 e. The van der Waals surface area contributed by atoms with Crippen LogP contribution in [0.5, 0.6) is 0 Å². The SMILES string of the molecule is CCN(N[Si](C)(C)C)C(C)C. The van der Waals surface area contributed by atoms with Crippen LogP contribution < -0.4 is 5.09 Å². The summed E-state index contributed by atoms with van der Waals surface area (Å²) in [6.07, 6.45) is 0. The molecule has 0 aliphatic rings. The molecule has 0 saturated carbocycles. The molecule has 0 unspecified atom stereocenters. The Hall–Kier alpha value is 0.137. The summed E-state index contributed by atoms with van der Waals surface area (Å²) in [7, 11) is -1.13. The molecular weight excluding hydrogens is 152 g/mol. The van der Waals surface area contributed by atoms with Gasteiger partial charge in [-0.2, -0.15) is 0 Å². The van der Waals surface area contributed by atoms with Crippen molar-refractivity contribution in [1.82, 2.24) is 10.1 Å². The lowest BCUT2D eigenvalue weighted by Gasteiger charge is -2.32. The minimum atomic E-state index is -1.13. The van der Waals surface area contributed by atoms with Gasteiger partial charge in [0.15, 0.2) is 0 Å². The summed E-state index contributed by atoms with van der Waals surface area (Å²) in [5.74, 6) is 0. The summed E-state index contributed by atoms with van der Waals surface area (Å²) in [5, 5.41) is 5.89.